The van der Waals surface area contributed by atoms with Crippen molar-refractivity contribution in [3.05, 3.63) is 78.4 Å². The van der Waals surface area contributed by atoms with Crippen LogP contribution < -0.4 is 16.0 Å². The first-order valence-corrected chi connectivity index (χ1v) is 7.92. The van der Waals surface area contributed by atoms with Gasteiger partial charge in [0.1, 0.15) is 0 Å². The monoisotopic (exact) mass is 347 g/mol. The molecule has 7 heteroatoms. The third-order valence-corrected chi connectivity index (χ3v) is 3.63. The standard InChI is InChI=1S/C19H17N5O2/c1-13-8-10-21-12-17(13)23-18(25)15-6-2-3-7-16(15)24-19(26)22-14-5-4-9-20-11-14/h2-12H,1H3,(H,23,25)(H2,22,24,26). The molecule has 2 heterocycles. The van der Waals surface area contributed by atoms with Gasteiger partial charge in [-0.15, -0.1) is 0 Å². The van der Waals surface area contributed by atoms with Crippen molar-refractivity contribution in [2.75, 3.05) is 16.0 Å². The Bertz CT molecular complexity index is 928. The molecule has 0 aliphatic carbocycles. The molecular formula is C19H17N5O2. The van der Waals surface area contributed by atoms with Gasteiger partial charge in [-0.1, -0.05) is 12.1 Å². The highest BCUT2D eigenvalue weighted by Crippen LogP contribution is 2.19. The number of carbonyl (C=O) groups is 2. The van der Waals surface area contributed by atoms with Gasteiger partial charge in [-0.3, -0.25) is 14.8 Å². The molecule has 0 aliphatic heterocycles. The Morgan fingerprint density at radius 3 is 2.38 bits per heavy atom. The molecule has 0 saturated carbocycles. The smallest absolute Gasteiger partial charge is 0.320 e. The second-order valence-corrected chi connectivity index (χ2v) is 5.51. The van der Waals surface area contributed by atoms with Crippen LogP contribution in [0.25, 0.3) is 0 Å². The highest BCUT2D eigenvalue weighted by molar-refractivity contribution is 6.11. The lowest BCUT2D eigenvalue weighted by Gasteiger charge is -2.13. The first-order valence-electron chi connectivity index (χ1n) is 7.92. The fourth-order valence-corrected chi connectivity index (χ4v) is 2.30. The summed E-state index contributed by atoms with van der Waals surface area (Å²) in [6.45, 7) is 1.88. The van der Waals surface area contributed by atoms with Crippen LogP contribution in [-0.2, 0) is 0 Å². The molecule has 2 aromatic heterocycles. The molecule has 0 radical (unpaired) electrons. The minimum atomic E-state index is -0.462. The van der Waals surface area contributed by atoms with E-state index in [-0.39, 0.29) is 5.91 Å². The number of nitrogens with zero attached hydrogens (tertiary/aromatic N) is 2. The molecule has 0 aliphatic rings. The zero-order chi connectivity index (χ0) is 18.4. The molecule has 1 aromatic carbocycles. The molecule has 3 amide bonds. The molecule has 0 bridgehead atoms. The number of aryl methyl sites for hydroxylation is 1. The molecule has 3 N–H and O–H groups in total. The third-order valence-electron chi connectivity index (χ3n) is 3.63. The van der Waals surface area contributed by atoms with E-state index in [2.05, 4.69) is 25.9 Å². The highest BCUT2D eigenvalue weighted by atomic mass is 16.2. The summed E-state index contributed by atoms with van der Waals surface area (Å²) in [6, 6.07) is 11.6. The number of benzene rings is 1. The van der Waals surface area contributed by atoms with Crippen molar-refractivity contribution < 1.29 is 9.59 Å². The predicted octanol–water partition coefficient (Wildman–Crippen LogP) is 3.68. The lowest BCUT2D eigenvalue weighted by Crippen LogP contribution is -2.22. The van der Waals surface area contributed by atoms with Gasteiger partial charge in [-0.2, -0.15) is 0 Å². The summed E-state index contributed by atoms with van der Waals surface area (Å²) in [4.78, 5) is 32.7. The number of rotatable bonds is 4. The van der Waals surface area contributed by atoms with E-state index in [9.17, 15) is 9.59 Å². The van der Waals surface area contributed by atoms with Crippen LogP contribution in [0.3, 0.4) is 0 Å². The van der Waals surface area contributed by atoms with Crippen molar-refractivity contribution in [3.63, 3.8) is 0 Å². The van der Waals surface area contributed by atoms with Crippen LogP contribution in [0.1, 0.15) is 15.9 Å². The SMILES string of the molecule is Cc1ccncc1NC(=O)c1ccccc1NC(=O)Nc1cccnc1. The summed E-state index contributed by atoms with van der Waals surface area (Å²) in [6.07, 6.45) is 6.38. The Morgan fingerprint density at radius 1 is 0.808 bits per heavy atom. The summed E-state index contributed by atoms with van der Waals surface area (Å²) in [5.41, 5.74) is 2.81. The Labute approximate surface area is 150 Å². The van der Waals surface area contributed by atoms with E-state index in [1.54, 1.807) is 61.1 Å². The summed E-state index contributed by atoms with van der Waals surface area (Å²) in [7, 11) is 0. The molecule has 3 rings (SSSR count). The maximum absolute atomic E-state index is 12.6. The van der Waals surface area contributed by atoms with Crippen LogP contribution in [0, 0.1) is 6.92 Å². The van der Waals surface area contributed by atoms with Crippen LogP contribution in [0.5, 0.6) is 0 Å². The fourth-order valence-electron chi connectivity index (χ4n) is 2.30. The number of aromatic nitrogens is 2. The number of urea groups is 1. The minimum absolute atomic E-state index is 0.335. The minimum Gasteiger partial charge on any atom is -0.320 e. The predicted molar refractivity (Wildman–Crippen MR) is 100 cm³/mol. The second-order valence-electron chi connectivity index (χ2n) is 5.51. The topological polar surface area (TPSA) is 96.0 Å². The molecule has 0 saturated heterocycles. The van der Waals surface area contributed by atoms with E-state index in [0.717, 1.165) is 5.56 Å². The number of pyridine rings is 2. The van der Waals surface area contributed by atoms with Crippen LogP contribution in [0.4, 0.5) is 21.9 Å². The Kier molecular flexibility index (Phi) is 5.19. The van der Waals surface area contributed by atoms with E-state index >= 15 is 0 Å². The van der Waals surface area contributed by atoms with Crippen LogP contribution in [0.15, 0.2) is 67.3 Å². The van der Waals surface area contributed by atoms with Gasteiger partial charge in [0.15, 0.2) is 0 Å². The average Bonchev–Trinajstić information content (AvgIpc) is 2.65. The number of nitrogens with one attached hydrogen (secondary N) is 3. The normalized spacial score (nSPS) is 10.0. The highest BCUT2D eigenvalue weighted by Gasteiger charge is 2.14. The van der Waals surface area contributed by atoms with Gasteiger partial charge in [-0.05, 0) is 42.8 Å². The van der Waals surface area contributed by atoms with Crippen molar-refractivity contribution in [2.45, 2.75) is 6.92 Å². The van der Waals surface area contributed by atoms with E-state index < -0.39 is 6.03 Å². The molecule has 0 atom stereocenters. The molecule has 0 fully saturated rings. The van der Waals surface area contributed by atoms with Gasteiger partial charge in [0.25, 0.3) is 5.91 Å². The number of hydrogen-bond donors (Lipinski definition) is 3. The number of anilines is 3. The lowest BCUT2D eigenvalue weighted by molar-refractivity contribution is 0.102. The fraction of sp³-hybridized carbons (Fsp3) is 0.0526. The Hall–Kier alpha value is -3.74. The van der Waals surface area contributed by atoms with Crippen molar-refractivity contribution in [2.24, 2.45) is 0 Å². The number of carbonyl (C=O) groups excluding carboxylic acids is 2. The molecule has 26 heavy (non-hydrogen) atoms. The zero-order valence-electron chi connectivity index (χ0n) is 14.1. The van der Waals surface area contributed by atoms with Gasteiger partial charge in [0.05, 0.1) is 35.0 Å². The first kappa shape index (κ1) is 17.1. The molecule has 7 nitrogen and oxygen atoms in total. The maximum Gasteiger partial charge on any atom is 0.323 e. The Balaban J connectivity index is 1.74. The van der Waals surface area contributed by atoms with Crippen LogP contribution >= 0.6 is 0 Å². The lowest BCUT2D eigenvalue weighted by atomic mass is 10.1. The van der Waals surface area contributed by atoms with E-state index in [1.807, 2.05) is 6.92 Å². The molecule has 3 aromatic rings. The average molecular weight is 347 g/mol. The third kappa shape index (κ3) is 4.21. The van der Waals surface area contributed by atoms with Crippen molar-refractivity contribution in [1.29, 1.82) is 0 Å². The second kappa shape index (κ2) is 7.89. The zero-order valence-corrected chi connectivity index (χ0v) is 14.1. The Morgan fingerprint density at radius 2 is 1.62 bits per heavy atom. The maximum atomic E-state index is 12.6. The number of hydrogen-bond acceptors (Lipinski definition) is 4. The molecule has 130 valence electrons. The van der Waals surface area contributed by atoms with E-state index in [0.29, 0.717) is 22.6 Å². The van der Waals surface area contributed by atoms with Gasteiger partial charge < -0.3 is 16.0 Å². The summed E-state index contributed by atoms with van der Waals surface area (Å²) in [5, 5.41) is 8.15. The number of para-hydroxylation sites is 1. The molecule has 0 spiro atoms. The van der Waals surface area contributed by atoms with Crippen molar-refractivity contribution >= 4 is 29.0 Å². The molecule has 0 unspecified atom stereocenters. The van der Waals surface area contributed by atoms with Gasteiger partial charge in [-0.25, -0.2) is 4.79 Å². The van der Waals surface area contributed by atoms with Gasteiger partial charge in [0.2, 0.25) is 0 Å². The van der Waals surface area contributed by atoms with Crippen LogP contribution in [0.2, 0.25) is 0 Å². The largest absolute Gasteiger partial charge is 0.323 e. The van der Waals surface area contributed by atoms with E-state index in [4.69, 9.17) is 0 Å². The van der Waals surface area contributed by atoms with Crippen LogP contribution in [-0.4, -0.2) is 21.9 Å². The summed E-state index contributed by atoms with van der Waals surface area (Å²) >= 11 is 0. The van der Waals surface area contributed by atoms with Crippen molar-refractivity contribution in [1.82, 2.24) is 9.97 Å². The van der Waals surface area contributed by atoms with Gasteiger partial charge >= 0.3 is 6.03 Å². The molecular weight excluding hydrogens is 330 g/mol. The first-order chi connectivity index (χ1) is 12.6. The van der Waals surface area contributed by atoms with E-state index in [1.165, 1.54) is 6.20 Å². The number of amides is 3. The summed E-state index contributed by atoms with van der Waals surface area (Å²) < 4.78 is 0. The quantitative estimate of drug-likeness (QED) is 0.671. The van der Waals surface area contributed by atoms with Gasteiger partial charge in [0, 0.05) is 12.4 Å². The van der Waals surface area contributed by atoms with Crippen molar-refractivity contribution in [3.8, 4) is 0 Å². The summed E-state index contributed by atoms with van der Waals surface area (Å²) in [5.74, 6) is -0.335.